The number of phenols is 1. The normalized spacial score (nSPS) is 13.9. The van der Waals surface area contributed by atoms with Gasteiger partial charge in [-0.15, -0.1) is 0 Å². The third-order valence-corrected chi connectivity index (χ3v) is 6.39. The maximum Gasteiger partial charge on any atom is 0.305 e. The molecule has 3 rings (SSSR count). The lowest BCUT2D eigenvalue weighted by molar-refractivity contribution is -0.140. The average molecular weight is 399 g/mol. The predicted molar refractivity (Wildman–Crippen MR) is 113 cm³/mol. The van der Waals surface area contributed by atoms with Crippen molar-refractivity contribution in [3.8, 4) is 5.75 Å². The van der Waals surface area contributed by atoms with Crippen LogP contribution in [0.15, 0.2) is 24.3 Å². The molecule has 1 N–H and O–H groups in total. The monoisotopic (exact) mass is 398 g/mol. The molecule has 3 nitrogen and oxygen atoms in total. The number of hydrogen-bond donors (Lipinski definition) is 1. The number of esters is 1. The Bertz CT molecular complexity index is 871. The van der Waals surface area contributed by atoms with E-state index in [-0.39, 0.29) is 17.7 Å². The van der Waals surface area contributed by atoms with Crippen LogP contribution in [0.3, 0.4) is 0 Å². The number of halogens is 1. The summed E-state index contributed by atoms with van der Waals surface area (Å²) in [4.78, 5) is 11.3. The Morgan fingerprint density at radius 2 is 1.76 bits per heavy atom. The van der Waals surface area contributed by atoms with Crippen molar-refractivity contribution in [1.29, 1.82) is 0 Å². The first kappa shape index (κ1) is 21.4. The molecule has 1 unspecified atom stereocenters. The van der Waals surface area contributed by atoms with Crippen molar-refractivity contribution in [1.82, 2.24) is 0 Å². The van der Waals surface area contributed by atoms with E-state index in [1.54, 1.807) is 0 Å². The molecule has 29 heavy (non-hydrogen) atoms. The van der Waals surface area contributed by atoms with Gasteiger partial charge in [0.2, 0.25) is 0 Å². The van der Waals surface area contributed by atoms with Crippen molar-refractivity contribution in [2.75, 3.05) is 7.11 Å². The quantitative estimate of drug-likeness (QED) is 0.445. The van der Waals surface area contributed by atoms with E-state index in [9.17, 15) is 14.3 Å². The molecule has 2 aromatic rings. The van der Waals surface area contributed by atoms with Crippen molar-refractivity contribution < 1.29 is 19.0 Å². The van der Waals surface area contributed by atoms with Gasteiger partial charge in [0.25, 0.3) is 0 Å². The van der Waals surface area contributed by atoms with Gasteiger partial charge in [-0.05, 0) is 85.9 Å². The number of benzene rings is 2. The van der Waals surface area contributed by atoms with Crippen LogP contribution in [0.5, 0.6) is 5.75 Å². The van der Waals surface area contributed by atoms with E-state index in [4.69, 9.17) is 4.74 Å². The van der Waals surface area contributed by atoms with E-state index in [2.05, 4.69) is 6.92 Å². The Kier molecular flexibility index (Phi) is 6.94. The van der Waals surface area contributed by atoms with Crippen molar-refractivity contribution in [2.45, 2.75) is 71.1 Å². The number of hydrogen-bond acceptors (Lipinski definition) is 3. The number of rotatable bonds is 8. The maximum atomic E-state index is 13.5. The second-order valence-electron chi connectivity index (χ2n) is 8.10. The zero-order chi connectivity index (χ0) is 21.0. The van der Waals surface area contributed by atoms with E-state index in [1.807, 2.05) is 19.1 Å². The van der Waals surface area contributed by atoms with E-state index in [1.165, 1.54) is 35.9 Å². The summed E-state index contributed by atoms with van der Waals surface area (Å²) in [6, 6.07) is 6.67. The van der Waals surface area contributed by atoms with Crippen LogP contribution in [-0.4, -0.2) is 18.2 Å². The topological polar surface area (TPSA) is 46.5 Å². The molecule has 1 aliphatic carbocycles. The Morgan fingerprint density at radius 3 is 2.45 bits per heavy atom. The van der Waals surface area contributed by atoms with Crippen molar-refractivity contribution in [3.63, 3.8) is 0 Å². The van der Waals surface area contributed by atoms with Gasteiger partial charge >= 0.3 is 5.97 Å². The zero-order valence-electron chi connectivity index (χ0n) is 17.7. The third-order valence-electron chi connectivity index (χ3n) is 6.39. The van der Waals surface area contributed by atoms with Crippen molar-refractivity contribution >= 4 is 5.97 Å². The Hall–Kier alpha value is -2.36. The minimum Gasteiger partial charge on any atom is -0.507 e. The van der Waals surface area contributed by atoms with E-state index in [0.29, 0.717) is 12.2 Å². The Labute approximate surface area is 172 Å². The fourth-order valence-corrected chi connectivity index (χ4v) is 4.65. The lowest BCUT2D eigenvalue weighted by Crippen LogP contribution is -2.09. The van der Waals surface area contributed by atoms with E-state index < -0.39 is 0 Å². The molecule has 1 aliphatic rings. The molecule has 0 fully saturated rings. The highest BCUT2D eigenvalue weighted by Gasteiger charge is 2.28. The van der Waals surface area contributed by atoms with Gasteiger partial charge in [-0.25, -0.2) is 4.39 Å². The van der Waals surface area contributed by atoms with Crippen LogP contribution in [0.2, 0.25) is 0 Å². The molecule has 0 radical (unpaired) electrons. The first-order valence-corrected chi connectivity index (χ1v) is 10.6. The van der Waals surface area contributed by atoms with Gasteiger partial charge < -0.3 is 9.84 Å². The van der Waals surface area contributed by atoms with Crippen molar-refractivity contribution in [2.24, 2.45) is 0 Å². The fraction of sp³-hybridized carbons (Fsp3) is 0.480. The molecule has 0 aromatic heterocycles. The molecule has 0 heterocycles. The molecule has 2 aromatic carbocycles. The molecule has 0 bridgehead atoms. The lowest BCUT2D eigenvalue weighted by atomic mass is 9.80. The molecule has 0 amide bonds. The second-order valence-corrected chi connectivity index (χ2v) is 8.10. The molecule has 0 aliphatic heterocycles. The summed E-state index contributed by atoms with van der Waals surface area (Å²) in [6.07, 6.45) is 7.09. The number of carbonyl (C=O) groups excluding carboxylic acids is 1. The molecular formula is C25H31FO3. The molecule has 0 saturated carbocycles. The molecule has 0 saturated heterocycles. The number of carbonyl (C=O) groups is 1. The van der Waals surface area contributed by atoms with Gasteiger partial charge in [0, 0.05) is 17.9 Å². The zero-order valence-corrected chi connectivity index (χ0v) is 17.7. The van der Waals surface area contributed by atoms with Gasteiger partial charge in [-0.3, -0.25) is 4.79 Å². The average Bonchev–Trinajstić information content (AvgIpc) is 3.20. The summed E-state index contributed by atoms with van der Waals surface area (Å²) in [5.41, 5.74) is 6.89. The lowest BCUT2D eigenvalue weighted by Gasteiger charge is -2.25. The molecule has 0 spiro atoms. The summed E-state index contributed by atoms with van der Waals surface area (Å²) < 4.78 is 18.2. The molecular weight excluding hydrogens is 367 g/mol. The number of fused-ring (bicyclic) bond motifs is 1. The van der Waals surface area contributed by atoms with Gasteiger partial charge in [-0.2, -0.15) is 0 Å². The predicted octanol–water partition coefficient (Wildman–Crippen LogP) is 5.89. The minimum atomic E-state index is -0.250. The van der Waals surface area contributed by atoms with Crippen LogP contribution >= 0.6 is 0 Å². The van der Waals surface area contributed by atoms with Crippen LogP contribution in [0, 0.1) is 19.7 Å². The molecule has 156 valence electrons. The first-order valence-electron chi connectivity index (χ1n) is 10.6. The highest BCUT2D eigenvalue weighted by atomic mass is 19.1. The third kappa shape index (κ3) is 4.63. The van der Waals surface area contributed by atoms with Crippen molar-refractivity contribution in [3.05, 3.63) is 63.5 Å². The van der Waals surface area contributed by atoms with Gasteiger partial charge in [-0.1, -0.05) is 25.0 Å². The maximum absolute atomic E-state index is 13.5. The highest BCUT2D eigenvalue weighted by Crippen LogP contribution is 2.45. The number of unbranched alkanes of at least 4 members (excludes halogenated alkanes) is 2. The smallest absolute Gasteiger partial charge is 0.305 e. The number of ether oxygens (including phenoxy) is 1. The summed E-state index contributed by atoms with van der Waals surface area (Å²) in [6.45, 7) is 4.09. The standard InChI is InChI=1S/C25H31FO3/c1-16-17(2)25(28)24(22-10-7-9-20(16)22)21(18-12-14-19(26)15-13-18)8-5-4-6-11-23(27)29-3/h12-15,21,28H,4-11H2,1-3H3. The number of methoxy groups -OCH3 is 1. The molecule has 1 atom stereocenters. The number of aromatic hydroxyl groups is 1. The summed E-state index contributed by atoms with van der Waals surface area (Å²) >= 11 is 0. The summed E-state index contributed by atoms with van der Waals surface area (Å²) in [5.74, 6) is -0.00302. The van der Waals surface area contributed by atoms with Crippen LogP contribution in [0.25, 0.3) is 0 Å². The van der Waals surface area contributed by atoms with Crippen LogP contribution in [0.1, 0.15) is 77.8 Å². The Morgan fingerprint density at radius 1 is 1.07 bits per heavy atom. The highest BCUT2D eigenvalue weighted by molar-refractivity contribution is 5.69. The SMILES string of the molecule is COC(=O)CCCCCC(c1ccc(F)cc1)c1c(O)c(C)c(C)c2c1CCC2. The van der Waals surface area contributed by atoms with Gasteiger partial charge in [0.05, 0.1) is 7.11 Å². The Balaban J connectivity index is 1.90. The van der Waals surface area contributed by atoms with Gasteiger partial charge in [0.15, 0.2) is 0 Å². The number of phenolic OH excluding ortho intramolecular Hbond substituents is 1. The van der Waals surface area contributed by atoms with Crippen LogP contribution in [0.4, 0.5) is 4.39 Å². The fourth-order valence-electron chi connectivity index (χ4n) is 4.65. The summed E-state index contributed by atoms with van der Waals surface area (Å²) in [5, 5.41) is 11.1. The largest absolute Gasteiger partial charge is 0.507 e. The van der Waals surface area contributed by atoms with Crippen LogP contribution in [-0.2, 0) is 22.4 Å². The molecule has 4 heteroatoms. The van der Waals surface area contributed by atoms with Gasteiger partial charge in [0.1, 0.15) is 11.6 Å². The van der Waals surface area contributed by atoms with Crippen LogP contribution < -0.4 is 0 Å². The first-order chi connectivity index (χ1) is 13.9. The summed E-state index contributed by atoms with van der Waals surface area (Å²) in [7, 11) is 1.41. The minimum absolute atomic E-state index is 0.0277. The van der Waals surface area contributed by atoms with E-state index >= 15 is 0 Å². The van der Waals surface area contributed by atoms with E-state index in [0.717, 1.165) is 61.6 Å². The second kappa shape index (κ2) is 9.43.